The van der Waals surface area contributed by atoms with Crippen LogP contribution in [0.25, 0.3) is 0 Å². The van der Waals surface area contributed by atoms with Crippen LogP contribution in [0.4, 0.5) is 5.69 Å². The first-order valence-corrected chi connectivity index (χ1v) is 6.41. The van der Waals surface area contributed by atoms with Gasteiger partial charge < -0.3 is 5.11 Å². The Kier molecular flexibility index (Phi) is 5.08. The summed E-state index contributed by atoms with van der Waals surface area (Å²) in [5.74, 6) is 0.0472. The van der Waals surface area contributed by atoms with Gasteiger partial charge in [0.15, 0.2) is 0 Å². The summed E-state index contributed by atoms with van der Waals surface area (Å²) < 4.78 is 0. The fourth-order valence-corrected chi connectivity index (χ4v) is 2.35. The smallest absolute Gasteiger partial charge is 0.342 e. The molecule has 0 spiro atoms. The molecule has 0 saturated carbocycles. The summed E-state index contributed by atoms with van der Waals surface area (Å²) in [5.41, 5.74) is -0.794. The lowest BCUT2D eigenvalue weighted by Gasteiger charge is -2.04. The lowest BCUT2D eigenvalue weighted by Crippen LogP contribution is -2.04. The van der Waals surface area contributed by atoms with Gasteiger partial charge in [0.1, 0.15) is 11.8 Å². The van der Waals surface area contributed by atoms with Crippen molar-refractivity contribution < 1.29 is 14.8 Å². The van der Waals surface area contributed by atoms with Crippen LogP contribution in [0.2, 0.25) is 0 Å². The summed E-state index contributed by atoms with van der Waals surface area (Å²) in [4.78, 5) is 24.7. The van der Waals surface area contributed by atoms with Crippen LogP contribution in [0.1, 0.15) is 30.6 Å². The van der Waals surface area contributed by atoms with Crippen LogP contribution >= 0.6 is 11.8 Å². The normalized spacial score (nSPS) is 10.6. The van der Waals surface area contributed by atoms with Crippen LogP contribution in [-0.4, -0.2) is 26.7 Å². The summed E-state index contributed by atoms with van der Waals surface area (Å²) in [6.07, 6.45) is 1.98. The number of carboxylic acids is 1. The van der Waals surface area contributed by atoms with E-state index in [-0.39, 0.29) is 5.56 Å². The van der Waals surface area contributed by atoms with Gasteiger partial charge in [-0.05, 0) is 24.2 Å². The molecular formula is C11H14N2O4S. The Morgan fingerprint density at radius 1 is 1.61 bits per heavy atom. The molecule has 0 atom stereocenters. The van der Waals surface area contributed by atoms with E-state index in [1.807, 2.05) is 0 Å². The van der Waals surface area contributed by atoms with Gasteiger partial charge in [0, 0.05) is 0 Å². The molecule has 1 rings (SSSR count). The van der Waals surface area contributed by atoms with Crippen molar-refractivity contribution in [3.8, 4) is 0 Å². The predicted octanol–water partition coefficient (Wildman–Crippen LogP) is 2.83. The second kappa shape index (κ2) is 6.34. The molecule has 1 aromatic heterocycles. The summed E-state index contributed by atoms with van der Waals surface area (Å²) in [7, 11) is 0. The van der Waals surface area contributed by atoms with E-state index in [9.17, 15) is 14.9 Å². The summed E-state index contributed by atoms with van der Waals surface area (Å²) in [5, 5.41) is 20.0. The number of carboxylic acid groups (broad SMARTS) is 1. The van der Waals surface area contributed by atoms with Crippen LogP contribution in [0.3, 0.4) is 0 Å². The van der Waals surface area contributed by atoms with Crippen LogP contribution in [0.5, 0.6) is 0 Å². The zero-order chi connectivity index (χ0) is 13.7. The first kappa shape index (κ1) is 14.4. The number of rotatable bonds is 6. The third-order valence-electron chi connectivity index (χ3n) is 2.23. The van der Waals surface area contributed by atoms with E-state index in [1.54, 1.807) is 0 Å². The van der Waals surface area contributed by atoms with E-state index < -0.39 is 16.6 Å². The molecule has 1 aromatic rings. The summed E-state index contributed by atoms with van der Waals surface area (Å²) in [6, 6.07) is 1.26. The second-order valence-corrected chi connectivity index (χ2v) is 5.25. The molecule has 0 aromatic carbocycles. The molecule has 0 aliphatic heterocycles. The number of carbonyl (C=O) groups is 1. The van der Waals surface area contributed by atoms with Gasteiger partial charge in [0.05, 0.1) is 9.95 Å². The van der Waals surface area contributed by atoms with Gasteiger partial charge >= 0.3 is 11.7 Å². The number of pyridine rings is 1. The Morgan fingerprint density at radius 3 is 2.78 bits per heavy atom. The standard InChI is InChI=1S/C11H14N2O4S/c1-7(2)3-4-18-10-5-8(11(14)15)9(6-12-10)13(16)17/h5-7H,3-4H2,1-2H3,(H,14,15). The third kappa shape index (κ3) is 3.99. The van der Waals surface area contributed by atoms with Crippen LogP contribution < -0.4 is 0 Å². The number of hydrogen-bond donors (Lipinski definition) is 1. The molecule has 0 radical (unpaired) electrons. The Hall–Kier alpha value is -1.63. The number of hydrogen-bond acceptors (Lipinski definition) is 5. The lowest BCUT2D eigenvalue weighted by molar-refractivity contribution is -0.385. The second-order valence-electron chi connectivity index (χ2n) is 4.13. The number of aromatic nitrogens is 1. The minimum Gasteiger partial charge on any atom is -0.477 e. The van der Waals surface area contributed by atoms with Crippen molar-refractivity contribution in [3.05, 3.63) is 27.9 Å². The first-order valence-electron chi connectivity index (χ1n) is 5.42. The number of nitro groups is 1. The molecule has 7 heteroatoms. The molecule has 98 valence electrons. The minimum atomic E-state index is -1.31. The van der Waals surface area contributed by atoms with Crippen molar-refractivity contribution in [1.29, 1.82) is 0 Å². The van der Waals surface area contributed by atoms with Crippen molar-refractivity contribution in [3.63, 3.8) is 0 Å². The molecule has 0 saturated heterocycles. The largest absolute Gasteiger partial charge is 0.477 e. The van der Waals surface area contributed by atoms with Crippen molar-refractivity contribution in [2.24, 2.45) is 5.92 Å². The van der Waals surface area contributed by atoms with Gasteiger partial charge in [-0.25, -0.2) is 9.78 Å². The van der Waals surface area contributed by atoms with E-state index in [1.165, 1.54) is 17.8 Å². The summed E-state index contributed by atoms with van der Waals surface area (Å²) >= 11 is 1.40. The maximum absolute atomic E-state index is 10.9. The van der Waals surface area contributed by atoms with Gasteiger partial charge in [-0.3, -0.25) is 10.1 Å². The van der Waals surface area contributed by atoms with E-state index >= 15 is 0 Å². The van der Waals surface area contributed by atoms with Gasteiger partial charge in [-0.2, -0.15) is 0 Å². The fourth-order valence-electron chi connectivity index (χ4n) is 1.22. The van der Waals surface area contributed by atoms with Crippen LogP contribution in [0, 0.1) is 16.0 Å². The van der Waals surface area contributed by atoms with Gasteiger partial charge in [-0.1, -0.05) is 13.8 Å². The van der Waals surface area contributed by atoms with Crippen LogP contribution in [-0.2, 0) is 0 Å². The average Bonchev–Trinajstić information content (AvgIpc) is 2.28. The molecule has 0 bridgehead atoms. The highest BCUT2D eigenvalue weighted by molar-refractivity contribution is 7.99. The first-order chi connectivity index (χ1) is 8.41. The van der Waals surface area contributed by atoms with E-state index in [4.69, 9.17) is 5.11 Å². The zero-order valence-electron chi connectivity index (χ0n) is 10.1. The minimum absolute atomic E-state index is 0.318. The van der Waals surface area contributed by atoms with Gasteiger partial charge in [0.2, 0.25) is 0 Å². The monoisotopic (exact) mass is 270 g/mol. The van der Waals surface area contributed by atoms with Crippen molar-refractivity contribution in [2.75, 3.05) is 5.75 Å². The topological polar surface area (TPSA) is 93.3 Å². The molecule has 0 aliphatic rings. The highest BCUT2D eigenvalue weighted by Gasteiger charge is 2.21. The molecule has 0 fully saturated rings. The fraction of sp³-hybridized carbons (Fsp3) is 0.455. The van der Waals surface area contributed by atoms with Gasteiger partial charge in [0.25, 0.3) is 0 Å². The molecule has 18 heavy (non-hydrogen) atoms. The Labute approximate surface area is 109 Å². The predicted molar refractivity (Wildman–Crippen MR) is 68.0 cm³/mol. The molecule has 0 unspecified atom stereocenters. The van der Waals surface area contributed by atoms with Crippen LogP contribution in [0.15, 0.2) is 17.3 Å². The molecule has 1 heterocycles. The Balaban J connectivity index is 2.87. The van der Waals surface area contributed by atoms with E-state index in [0.29, 0.717) is 10.9 Å². The quantitative estimate of drug-likeness (QED) is 0.485. The van der Waals surface area contributed by atoms with Gasteiger partial charge in [-0.15, -0.1) is 11.8 Å². The summed E-state index contributed by atoms with van der Waals surface area (Å²) in [6.45, 7) is 4.18. The molecular weight excluding hydrogens is 256 g/mol. The Bertz CT molecular complexity index is 462. The molecule has 1 N–H and O–H groups in total. The highest BCUT2D eigenvalue weighted by atomic mass is 32.2. The zero-order valence-corrected chi connectivity index (χ0v) is 10.9. The van der Waals surface area contributed by atoms with E-state index in [0.717, 1.165) is 18.4 Å². The highest BCUT2D eigenvalue weighted by Crippen LogP contribution is 2.24. The number of nitrogens with zero attached hydrogens (tertiary/aromatic N) is 2. The number of thioether (sulfide) groups is 1. The SMILES string of the molecule is CC(C)CCSc1cc(C(=O)O)c([N+](=O)[O-])cn1. The van der Waals surface area contributed by atoms with Crippen molar-refractivity contribution >= 4 is 23.4 Å². The molecule has 0 aliphatic carbocycles. The maximum atomic E-state index is 10.9. The maximum Gasteiger partial charge on any atom is 0.342 e. The lowest BCUT2D eigenvalue weighted by atomic mass is 10.2. The van der Waals surface area contributed by atoms with E-state index in [2.05, 4.69) is 18.8 Å². The Morgan fingerprint density at radius 2 is 2.28 bits per heavy atom. The van der Waals surface area contributed by atoms with Crippen molar-refractivity contribution in [1.82, 2.24) is 4.98 Å². The molecule has 6 nitrogen and oxygen atoms in total. The number of aromatic carboxylic acids is 1. The molecule has 0 amide bonds. The average molecular weight is 270 g/mol. The third-order valence-corrected chi connectivity index (χ3v) is 3.19. The van der Waals surface area contributed by atoms with Crippen molar-refractivity contribution in [2.45, 2.75) is 25.3 Å².